The van der Waals surface area contributed by atoms with E-state index in [9.17, 15) is 0 Å². The van der Waals surface area contributed by atoms with Crippen LogP contribution < -0.4 is 4.90 Å². The molecule has 0 saturated heterocycles. The summed E-state index contributed by atoms with van der Waals surface area (Å²) in [6.45, 7) is 0. The number of thiophene rings is 1. The van der Waals surface area contributed by atoms with E-state index >= 15 is 0 Å². The predicted octanol–water partition coefficient (Wildman–Crippen LogP) is 12.8. The number of nitrogens with zero attached hydrogens (tertiary/aromatic N) is 1. The second-order valence-corrected chi connectivity index (χ2v) is 12.4. The van der Waals surface area contributed by atoms with Gasteiger partial charge in [0, 0.05) is 36.8 Å². The number of benzene rings is 7. The molecule has 0 bridgehead atoms. The molecule has 0 atom stereocenters. The van der Waals surface area contributed by atoms with Gasteiger partial charge in [0.2, 0.25) is 0 Å². The van der Waals surface area contributed by atoms with Crippen molar-refractivity contribution in [2.45, 2.75) is 0 Å². The Balaban J connectivity index is 1.33. The molecule has 9 rings (SSSR count). The molecular weight excluding hydrogens is 567 g/mol. The van der Waals surface area contributed by atoms with E-state index in [-0.39, 0.29) is 0 Å². The molecule has 0 saturated carbocycles. The number of para-hydroxylation sites is 2. The van der Waals surface area contributed by atoms with E-state index in [0.717, 1.165) is 39.0 Å². The van der Waals surface area contributed by atoms with Gasteiger partial charge >= 0.3 is 0 Å². The topological polar surface area (TPSA) is 16.4 Å². The second-order valence-electron chi connectivity index (χ2n) is 11.3. The highest BCUT2D eigenvalue weighted by Crippen LogP contribution is 2.48. The first-order valence-electron chi connectivity index (χ1n) is 15.2. The first-order chi connectivity index (χ1) is 22.3. The van der Waals surface area contributed by atoms with Crippen LogP contribution in [-0.2, 0) is 0 Å². The molecule has 212 valence electrons. The molecule has 2 heterocycles. The maximum absolute atomic E-state index is 6.38. The molecule has 0 aliphatic rings. The Morgan fingerprint density at radius 2 is 1.02 bits per heavy atom. The Kier molecular flexibility index (Phi) is 6.03. The zero-order chi connectivity index (χ0) is 29.7. The van der Waals surface area contributed by atoms with Crippen LogP contribution >= 0.6 is 11.3 Å². The average molecular weight is 594 g/mol. The highest BCUT2D eigenvalue weighted by molar-refractivity contribution is 7.25. The molecule has 0 N–H and O–H groups in total. The SMILES string of the molecule is c1ccc(-c2ccc(N(c3ccccc3-c3cccc4sc5ccccc5c34)c3cccc4oc5ccccc5c34)cc2)cc1. The Labute approximate surface area is 265 Å². The minimum absolute atomic E-state index is 0.878. The summed E-state index contributed by atoms with van der Waals surface area (Å²) in [5.41, 5.74) is 9.86. The maximum Gasteiger partial charge on any atom is 0.137 e. The Hall–Kier alpha value is -5.64. The fourth-order valence-corrected chi connectivity index (χ4v) is 7.81. The molecule has 0 fully saturated rings. The lowest BCUT2D eigenvalue weighted by atomic mass is 9.96. The van der Waals surface area contributed by atoms with Crippen LogP contribution in [-0.4, -0.2) is 0 Å². The fraction of sp³-hybridized carbons (Fsp3) is 0. The first kappa shape index (κ1) is 25.8. The van der Waals surface area contributed by atoms with Crippen molar-refractivity contribution in [2.24, 2.45) is 0 Å². The summed E-state index contributed by atoms with van der Waals surface area (Å²) >= 11 is 1.86. The van der Waals surface area contributed by atoms with Crippen molar-refractivity contribution < 1.29 is 4.42 Å². The van der Waals surface area contributed by atoms with Gasteiger partial charge in [-0.05, 0) is 65.2 Å². The molecule has 2 aromatic heterocycles. The molecule has 0 radical (unpaired) electrons. The fourth-order valence-electron chi connectivity index (χ4n) is 6.68. The summed E-state index contributed by atoms with van der Waals surface area (Å²) in [6.07, 6.45) is 0. The van der Waals surface area contributed by atoms with Crippen LogP contribution in [0.4, 0.5) is 17.1 Å². The molecule has 0 aliphatic heterocycles. The minimum Gasteiger partial charge on any atom is -0.456 e. The first-order valence-corrected chi connectivity index (χ1v) is 16.0. The Morgan fingerprint density at radius 1 is 0.400 bits per heavy atom. The summed E-state index contributed by atoms with van der Waals surface area (Å²) < 4.78 is 8.98. The largest absolute Gasteiger partial charge is 0.456 e. The molecule has 45 heavy (non-hydrogen) atoms. The van der Waals surface area contributed by atoms with Crippen molar-refractivity contribution in [3.05, 3.63) is 164 Å². The third-order valence-corrected chi connectivity index (χ3v) is 9.83. The van der Waals surface area contributed by atoms with E-state index in [4.69, 9.17) is 4.42 Å². The smallest absolute Gasteiger partial charge is 0.137 e. The quantitative estimate of drug-likeness (QED) is 0.197. The minimum atomic E-state index is 0.878. The maximum atomic E-state index is 6.38. The molecule has 3 heteroatoms. The van der Waals surface area contributed by atoms with Crippen LogP contribution in [0.3, 0.4) is 0 Å². The molecule has 0 amide bonds. The van der Waals surface area contributed by atoms with E-state index in [1.54, 1.807) is 0 Å². The van der Waals surface area contributed by atoms with Gasteiger partial charge in [0.05, 0.1) is 16.8 Å². The van der Waals surface area contributed by atoms with Crippen LogP contribution in [0.2, 0.25) is 0 Å². The van der Waals surface area contributed by atoms with Crippen molar-refractivity contribution in [1.29, 1.82) is 0 Å². The van der Waals surface area contributed by atoms with Crippen molar-refractivity contribution >= 4 is 70.5 Å². The number of hydrogen-bond donors (Lipinski definition) is 0. The van der Waals surface area contributed by atoms with Gasteiger partial charge < -0.3 is 9.32 Å². The van der Waals surface area contributed by atoms with Crippen molar-refractivity contribution in [3.63, 3.8) is 0 Å². The number of fused-ring (bicyclic) bond motifs is 6. The van der Waals surface area contributed by atoms with Gasteiger partial charge in [-0.1, -0.05) is 115 Å². The summed E-state index contributed by atoms with van der Waals surface area (Å²) in [7, 11) is 0. The Bertz CT molecular complexity index is 2490. The lowest BCUT2D eigenvalue weighted by Gasteiger charge is -2.29. The Morgan fingerprint density at radius 3 is 1.91 bits per heavy atom. The van der Waals surface area contributed by atoms with Crippen LogP contribution in [0.1, 0.15) is 0 Å². The van der Waals surface area contributed by atoms with E-state index in [1.165, 1.54) is 42.4 Å². The molecule has 0 unspecified atom stereocenters. The zero-order valence-electron chi connectivity index (χ0n) is 24.4. The number of anilines is 3. The lowest BCUT2D eigenvalue weighted by molar-refractivity contribution is 0.669. The van der Waals surface area contributed by atoms with Crippen molar-refractivity contribution in [1.82, 2.24) is 0 Å². The number of furan rings is 1. The average Bonchev–Trinajstić information content (AvgIpc) is 3.68. The molecule has 0 spiro atoms. The summed E-state index contributed by atoms with van der Waals surface area (Å²) in [5.74, 6) is 0. The van der Waals surface area contributed by atoms with Gasteiger partial charge in [0.15, 0.2) is 0 Å². The molecule has 9 aromatic rings. The van der Waals surface area contributed by atoms with Crippen molar-refractivity contribution in [2.75, 3.05) is 4.90 Å². The van der Waals surface area contributed by atoms with Gasteiger partial charge in [-0.2, -0.15) is 0 Å². The standard InChI is InChI=1S/C42H27NOS/c1-2-12-28(13-3-1)29-24-26-30(27-25-29)43(36-19-11-21-38-42(36)33-15-5-8-20-37(33)44-38)35-18-7-4-14-31(35)32-17-10-23-40-41(32)34-16-6-9-22-39(34)45-40/h1-27H. The molecular formula is C42H27NOS. The predicted molar refractivity (Wildman–Crippen MR) is 192 cm³/mol. The zero-order valence-corrected chi connectivity index (χ0v) is 25.2. The van der Waals surface area contributed by atoms with E-state index in [0.29, 0.717) is 0 Å². The highest BCUT2D eigenvalue weighted by Gasteiger charge is 2.23. The highest BCUT2D eigenvalue weighted by atomic mass is 32.1. The van der Waals surface area contributed by atoms with Gasteiger partial charge in [-0.3, -0.25) is 0 Å². The van der Waals surface area contributed by atoms with Crippen LogP contribution in [0, 0.1) is 0 Å². The second kappa shape index (κ2) is 10.5. The summed E-state index contributed by atoms with van der Waals surface area (Å²) in [6, 6.07) is 58.4. The van der Waals surface area contributed by atoms with Crippen molar-refractivity contribution in [3.8, 4) is 22.3 Å². The van der Waals surface area contributed by atoms with E-state index in [1.807, 2.05) is 17.4 Å². The molecule has 0 aliphatic carbocycles. The normalized spacial score (nSPS) is 11.6. The third-order valence-electron chi connectivity index (χ3n) is 8.69. The molecule has 7 aromatic carbocycles. The van der Waals surface area contributed by atoms with Crippen LogP contribution in [0.5, 0.6) is 0 Å². The van der Waals surface area contributed by atoms with Gasteiger partial charge in [0.1, 0.15) is 11.2 Å². The van der Waals surface area contributed by atoms with E-state index < -0.39 is 0 Å². The van der Waals surface area contributed by atoms with Gasteiger partial charge in [-0.25, -0.2) is 0 Å². The lowest BCUT2D eigenvalue weighted by Crippen LogP contribution is -2.11. The van der Waals surface area contributed by atoms with Gasteiger partial charge in [0.25, 0.3) is 0 Å². The number of rotatable bonds is 5. The number of hydrogen-bond acceptors (Lipinski definition) is 3. The molecule has 2 nitrogen and oxygen atoms in total. The third kappa shape index (κ3) is 4.24. The van der Waals surface area contributed by atoms with Crippen LogP contribution in [0.25, 0.3) is 64.4 Å². The van der Waals surface area contributed by atoms with Crippen LogP contribution in [0.15, 0.2) is 168 Å². The van der Waals surface area contributed by atoms with Gasteiger partial charge in [-0.15, -0.1) is 11.3 Å². The van der Waals surface area contributed by atoms with E-state index in [2.05, 4.69) is 163 Å². The monoisotopic (exact) mass is 593 g/mol. The summed E-state index contributed by atoms with van der Waals surface area (Å²) in [5, 5.41) is 4.81. The summed E-state index contributed by atoms with van der Waals surface area (Å²) in [4.78, 5) is 2.40.